The van der Waals surface area contributed by atoms with Crippen molar-refractivity contribution in [3.8, 4) is 0 Å². The van der Waals surface area contributed by atoms with Gasteiger partial charge in [0.25, 0.3) is 0 Å². The molecule has 116 valence electrons. The van der Waals surface area contributed by atoms with Crippen molar-refractivity contribution >= 4 is 11.7 Å². The lowest BCUT2D eigenvalue weighted by molar-refractivity contribution is -0.137. The number of aliphatic hydroxyl groups is 1. The van der Waals surface area contributed by atoms with Crippen molar-refractivity contribution < 1.29 is 23.1 Å². The number of carbonyl (C=O) groups is 1. The van der Waals surface area contributed by atoms with Crippen molar-refractivity contribution in [2.45, 2.75) is 31.5 Å². The SMILES string of the molecule is CC(CO)(NC(=O)Nc1cccc(C(F)(F)F)c1)C1CC1. The molecule has 1 aliphatic rings. The predicted molar refractivity (Wildman–Crippen MR) is 71.8 cm³/mol. The third-order valence-corrected chi connectivity index (χ3v) is 3.65. The Morgan fingerprint density at radius 2 is 2.05 bits per heavy atom. The summed E-state index contributed by atoms with van der Waals surface area (Å²) < 4.78 is 37.8. The van der Waals surface area contributed by atoms with Gasteiger partial charge in [0.1, 0.15) is 0 Å². The maximum absolute atomic E-state index is 12.6. The van der Waals surface area contributed by atoms with Gasteiger partial charge in [-0.2, -0.15) is 13.2 Å². The standard InChI is InChI=1S/C14H17F3N2O2/c1-13(8-20,9-5-6-9)19-12(21)18-11-4-2-3-10(7-11)14(15,16)17/h2-4,7,9,20H,5-6,8H2,1H3,(H2,18,19,21). The molecule has 7 heteroatoms. The van der Waals surface area contributed by atoms with E-state index in [2.05, 4.69) is 10.6 Å². The Balaban J connectivity index is 2.03. The summed E-state index contributed by atoms with van der Waals surface area (Å²) in [6.45, 7) is 1.50. The van der Waals surface area contributed by atoms with Crippen LogP contribution in [-0.2, 0) is 6.18 Å². The quantitative estimate of drug-likeness (QED) is 0.800. The van der Waals surface area contributed by atoms with E-state index < -0.39 is 23.3 Å². The molecule has 2 amide bonds. The number of amides is 2. The van der Waals surface area contributed by atoms with E-state index in [4.69, 9.17) is 0 Å². The van der Waals surface area contributed by atoms with Gasteiger partial charge >= 0.3 is 12.2 Å². The second-order valence-electron chi connectivity index (χ2n) is 5.51. The van der Waals surface area contributed by atoms with Gasteiger partial charge in [0, 0.05) is 5.69 Å². The van der Waals surface area contributed by atoms with E-state index in [0.29, 0.717) is 0 Å². The Bertz CT molecular complexity index is 529. The smallest absolute Gasteiger partial charge is 0.394 e. The fourth-order valence-corrected chi connectivity index (χ4v) is 2.19. The van der Waals surface area contributed by atoms with Crippen molar-refractivity contribution in [3.05, 3.63) is 29.8 Å². The van der Waals surface area contributed by atoms with Crippen LogP contribution in [0, 0.1) is 5.92 Å². The fraction of sp³-hybridized carbons (Fsp3) is 0.500. The minimum Gasteiger partial charge on any atom is -0.394 e. The van der Waals surface area contributed by atoms with Crippen LogP contribution in [0.15, 0.2) is 24.3 Å². The minimum absolute atomic E-state index is 0.0541. The van der Waals surface area contributed by atoms with Crippen molar-refractivity contribution in [2.24, 2.45) is 5.92 Å². The first-order valence-electron chi connectivity index (χ1n) is 6.62. The number of carbonyl (C=O) groups excluding carboxylic acids is 1. The first kappa shape index (κ1) is 15.6. The number of aliphatic hydroxyl groups excluding tert-OH is 1. The lowest BCUT2D eigenvalue weighted by Gasteiger charge is -2.28. The van der Waals surface area contributed by atoms with Crippen molar-refractivity contribution in [2.75, 3.05) is 11.9 Å². The summed E-state index contributed by atoms with van der Waals surface area (Å²) in [7, 11) is 0. The van der Waals surface area contributed by atoms with Crippen LogP contribution in [0.25, 0.3) is 0 Å². The predicted octanol–water partition coefficient (Wildman–Crippen LogP) is 2.99. The van der Waals surface area contributed by atoms with Crippen LogP contribution in [0.5, 0.6) is 0 Å². The van der Waals surface area contributed by atoms with Crippen LogP contribution in [0.2, 0.25) is 0 Å². The molecule has 1 unspecified atom stereocenters. The molecule has 0 spiro atoms. The Morgan fingerprint density at radius 1 is 1.38 bits per heavy atom. The summed E-state index contributed by atoms with van der Waals surface area (Å²) in [4.78, 5) is 11.9. The molecule has 1 fully saturated rings. The number of alkyl halides is 3. The zero-order valence-corrected chi connectivity index (χ0v) is 11.5. The fourth-order valence-electron chi connectivity index (χ4n) is 2.19. The highest BCUT2D eigenvalue weighted by molar-refractivity contribution is 5.89. The first-order chi connectivity index (χ1) is 9.74. The molecular weight excluding hydrogens is 285 g/mol. The molecule has 1 atom stereocenters. The van der Waals surface area contributed by atoms with E-state index in [0.717, 1.165) is 25.0 Å². The van der Waals surface area contributed by atoms with Crippen LogP contribution in [-0.4, -0.2) is 23.3 Å². The summed E-state index contributed by atoms with van der Waals surface area (Å²) in [5, 5.41) is 14.4. The lowest BCUT2D eigenvalue weighted by Crippen LogP contribution is -2.52. The molecule has 1 aliphatic carbocycles. The maximum atomic E-state index is 12.6. The summed E-state index contributed by atoms with van der Waals surface area (Å²) in [6, 6.07) is 3.78. The molecule has 0 radical (unpaired) electrons. The van der Waals surface area contributed by atoms with Gasteiger partial charge in [-0.05, 0) is 43.9 Å². The topological polar surface area (TPSA) is 61.4 Å². The number of halogens is 3. The van der Waals surface area contributed by atoms with Crippen LogP contribution < -0.4 is 10.6 Å². The van der Waals surface area contributed by atoms with E-state index in [1.165, 1.54) is 12.1 Å². The van der Waals surface area contributed by atoms with E-state index >= 15 is 0 Å². The van der Waals surface area contributed by atoms with E-state index in [9.17, 15) is 23.1 Å². The Labute approximate surface area is 120 Å². The number of rotatable bonds is 4. The number of hydrogen-bond acceptors (Lipinski definition) is 2. The van der Waals surface area contributed by atoms with E-state index in [-0.39, 0.29) is 18.2 Å². The van der Waals surface area contributed by atoms with Crippen molar-refractivity contribution in [3.63, 3.8) is 0 Å². The maximum Gasteiger partial charge on any atom is 0.416 e. The highest BCUT2D eigenvalue weighted by Crippen LogP contribution is 2.39. The third-order valence-electron chi connectivity index (χ3n) is 3.65. The molecular formula is C14H17F3N2O2. The van der Waals surface area contributed by atoms with Crippen LogP contribution in [0.1, 0.15) is 25.3 Å². The van der Waals surface area contributed by atoms with E-state index in [1.54, 1.807) is 6.92 Å². The van der Waals surface area contributed by atoms with Crippen molar-refractivity contribution in [1.82, 2.24) is 5.32 Å². The number of benzene rings is 1. The average molecular weight is 302 g/mol. The lowest BCUT2D eigenvalue weighted by atomic mass is 9.97. The first-order valence-corrected chi connectivity index (χ1v) is 6.62. The van der Waals surface area contributed by atoms with Crippen LogP contribution in [0.4, 0.5) is 23.7 Å². The van der Waals surface area contributed by atoms with Gasteiger partial charge in [-0.25, -0.2) is 4.79 Å². The summed E-state index contributed by atoms with van der Waals surface area (Å²) in [5.74, 6) is 0.203. The normalized spacial score (nSPS) is 18.0. The second-order valence-corrected chi connectivity index (χ2v) is 5.51. The summed E-state index contributed by atoms with van der Waals surface area (Å²) >= 11 is 0. The van der Waals surface area contributed by atoms with Gasteiger partial charge in [0.05, 0.1) is 17.7 Å². The molecule has 21 heavy (non-hydrogen) atoms. The summed E-state index contributed by atoms with van der Waals surface area (Å²) in [5.41, 5.74) is -1.52. The highest BCUT2D eigenvalue weighted by Gasteiger charge is 2.42. The minimum atomic E-state index is -4.46. The van der Waals surface area contributed by atoms with Gasteiger partial charge in [0.2, 0.25) is 0 Å². The average Bonchev–Trinajstić information content (AvgIpc) is 3.22. The molecule has 2 rings (SSSR count). The van der Waals surface area contributed by atoms with Crippen LogP contribution >= 0.6 is 0 Å². The van der Waals surface area contributed by atoms with Crippen molar-refractivity contribution in [1.29, 1.82) is 0 Å². The molecule has 3 N–H and O–H groups in total. The van der Waals surface area contributed by atoms with Gasteiger partial charge in [-0.3, -0.25) is 0 Å². The largest absolute Gasteiger partial charge is 0.416 e. The molecule has 4 nitrogen and oxygen atoms in total. The van der Waals surface area contributed by atoms with E-state index in [1.807, 2.05) is 0 Å². The molecule has 1 aromatic rings. The molecule has 0 saturated heterocycles. The van der Waals surface area contributed by atoms with Gasteiger partial charge < -0.3 is 15.7 Å². The van der Waals surface area contributed by atoms with Gasteiger partial charge in [0.15, 0.2) is 0 Å². The monoisotopic (exact) mass is 302 g/mol. The number of anilines is 1. The van der Waals surface area contributed by atoms with Gasteiger partial charge in [-0.1, -0.05) is 6.07 Å². The zero-order chi connectivity index (χ0) is 15.7. The third kappa shape index (κ3) is 3.87. The molecule has 0 bridgehead atoms. The highest BCUT2D eigenvalue weighted by atomic mass is 19.4. The Morgan fingerprint density at radius 3 is 2.57 bits per heavy atom. The molecule has 1 aromatic carbocycles. The number of hydrogen-bond donors (Lipinski definition) is 3. The number of urea groups is 1. The Hall–Kier alpha value is -1.76. The summed E-state index contributed by atoms with van der Waals surface area (Å²) in [6.07, 6.45) is -2.62. The molecule has 0 aromatic heterocycles. The molecule has 0 aliphatic heterocycles. The Kier molecular flexibility index (Phi) is 4.13. The number of nitrogens with one attached hydrogen (secondary N) is 2. The molecule has 0 heterocycles. The van der Waals surface area contributed by atoms with Crippen LogP contribution in [0.3, 0.4) is 0 Å². The zero-order valence-electron chi connectivity index (χ0n) is 11.5. The van der Waals surface area contributed by atoms with Gasteiger partial charge in [-0.15, -0.1) is 0 Å². The second kappa shape index (κ2) is 5.55. The molecule has 1 saturated carbocycles.